The first kappa shape index (κ1) is 45.7. The topological polar surface area (TPSA) is 162 Å². The molecule has 0 saturated heterocycles. The predicted molar refractivity (Wildman–Crippen MR) is 245 cm³/mol. The van der Waals surface area contributed by atoms with E-state index in [1.165, 1.54) is 11.1 Å². The first-order valence-electron chi connectivity index (χ1n) is 22.6. The van der Waals surface area contributed by atoms with Crippen molar-refractivity contribution in [1.29, 1.82) is 0 Å². The van der Waals surface area contributed by atoms with E-state index in [9.17, 15) is 29.7 Å². The van der Waals surface area contributed by atoms with Gasteiger partial charge in [-0.25, -0.2) is 9.59 Å². The minimum absolute atomic E-state index is 0.00535. The molecule has 4 aliphatic rings. The number of allylic oxidation sites excluding steroid dienone is 3. The van der Waals surface area contributed by atoms with Crippen LogP contribution in [0.25, 0.3) is 11.0 Å². The summed E-state index contributed by atoms with van der Waals surface area (Å²) in [5.41, 5.74) is 5.47. The summed E-state index contributed by atoms with van der Waals surface area (Å²) in [6, 6.07) is 30.8. The molecule has 4 heterocycles. The Morgan fingerprint density at radius 1 is 0.846 bits per heavy atom. The molecule has 5 aromatic rings. The number of benzene rings is 4. The van der Waals surface area contributed by atoms with Gasteiger partial charge in [0.05, 0.1) is 18.8 Å². The van der Waals surface area contributed by atoms with E-state index in [4.69, 9.17) is 23.4 Å². The lowest BCUT2D eigenvalue weighted by atomic mass is 9.72. The molecule has 3 aliphatic heterocycles. The number of aliphatic hydroxyl groups is 3. The van der Waals surface area contributed by atoms with E-state index in [0.29, 0.717) is 30.2 Å². The maximum atomic E-state index is 14.8. The number of ether oxygens (including phenoxy) is 4. The number of carbonyl (C=O) groups is 2. The van der Waals surface area contributed by atoms with Crippen LogP contribution in [0.2, 0.25) is 0 Å². The standard InChI is InChI=1S/C54H58O11/c1-32(2)41-19-15-33-13-16-36(17-14-33)42-20-18-38(37-12-8-11-35(26-37)25-34-9-6-5-7-10-34)27-40(42)28-46(58)62-50-48-45(65-54(3,4)51(50)64-52(41)59)22-21-43-44(29-56)47(53(60)63-49(43)48)39(23-24-55)30-61-31-57/h5-14,16-18,20-22,26,38-40,42,50-51,55-57H,15,19,23-25,27-31H2,1-4H3/t38-,39-,40+,42+,50-,51+/m1/s1. The zero-order chi connectivity index (χ0) is 45.8. The quantitative estimate of drug-likeness (QED) is 0.0404. The number of aryl methyl sites for hydroxylation is 1. The molecule has 0 amide bonds. The van der Waals surface area contributed by atoms with Gasteiger partial charge in [0.2, 0.25) is 0 Å². The van der Waals surface area contributed by atoms with E-state index in [2.05, 4.69) is 72.8 Å². The van der Waals surface area contributed by atoms with Gasteiger partial charge in [-0.3, -0.25) is 4.79 Å². The summed E-state index contributed by atoms with van der Waals surface area (Å²) in [5.74, 6) is -1.82. The Morgan fingerprint density at radius 3 is 2.34 bits per heavy atom. The molecule has 1 aromatic heterocycles. The van der Waals surface area contributed by atoms with Crippen LogP contribution in [0.4, 0.5) is 0 Å². The lowest BCUT2D eigenvalue weighted by molar-refractivity contribution is -0.188. The van der Waals surface area contributed by atoms with Gasteiger partial charge >= 0.3 is 17.6 Å². The molecule has 1 aliphatic carbocycles. The van der Waals surface area contributed by atoms with Crippen LogP contribution in [0.5, 0.6) is 5.75 Å². The van der Waals surface area contributed by atoms with Crippen molar-refractivity contribution in [2.24, 2.45) is 5.92 Å². The number of esters is 2. The fourth-order valence-electron chi connectivity index (χ4n) is 10.0. The highest BCUT2D eigenvalue weighted by atomic mass is 16.6. The summed E-state index contributed by atoms with van der Waals surface area (Å²) in [5, 5.41) is 30.5. The molecule has 0 radical (unpaired) electrons. The molecule has 11 nitrogen and oxygen atoms in total. The van der Waals surface area contributed by atoms with Gasteiger partial charge in [-0.1, -0.05) is 96.6 Å². The van der Waals surface area contributed by atoms with E-state index < -0.39 is 54.7 Å². The summed E-state index contributed by atoms with van der Waals surface area (Å²) >= 11 is 0. The first-order valence-corrected chi connectivity index (χ1v) is 22.6. The lowest BCUT2D eigenvalue weighted by Crippen LogP contribution is -2.52. The van der Waals surface area contributed by atoms with E-state index in [1.54, 1.807) is 26.0 Å². The fraction of sp³-hybridized carbons (Fsp3) is 0.389. The van der Waals surface area contributed by atoms with Crippen LogP contribution < -0.4 is 10.4 Å². The van der Waals surface area contributed by atoms with Crippen molar-refractivity contribution < 1.29 is 48.3 Å². The average molecular weight is 883 g/mol. The zero-order valence-electron chi connectivity index (χ0n) is 37.5. The van der Waals surface area contributed by atoms with Gasteiger partial charge in [0, 0.05) is 47.3 Å². The second kappa shape index (κ2) is 19.7. The molecule has 0 spiro atoms. The summed E-state index contributed by atoms with van der Waals surface area (Å²) < 4.78 is 31.0. The van der Waals surface area contributed by atoms with Gasteiger partial charge in [-0.2, -0.15) is 0 Å². The Morgan fingerprint density at radius 2 is 1.62 bits per heavy atom. The first-order chi connectivity index (χ1) is 31.4. The van der Waals surface area contributed by atoms with Crippen molar-refractivity contribution in [3.8, 4) is 5.75 Å². The van der Waals surface area contributed by atoms with Crippen LogP contribution in [-0.2, 0) is 43.2 Å². The molecule has 11 heteroatoms. The van der Waals surface area contributed by atoms with E-state index >= 15 is 0 Å². The van der Waals surface area contributed by atoms with Gasteiger partial charge in [0.15, 0.2) is 12.2 Å². The molecule has 6 atom stereocenters. The van der Waals surface area contributed by atoms with Crippen LogP contribution >= 0.6 is 0 Å². The van der Waals surface area contributed by atoms with Crippen molar-refractivity contribution >= 4 is 22.9 Å². The highest BCUT2D eigenvalue weighted by Gasteiger charge is 2.51. The number of aliphatic hydroxyl groups excluding tert-OH is 3. The second-order valence-corrected chi connectivity index (χ2v) is 18.3. The maximum Gasteiger partial charge on any atom is 0.340 e. The molecule has 4 aromatic carbocycles. The Labute approximate surface area is 379 Å². The SMILES string of the molecule is CC(C)=C1CCc2ccc(cc2)[C@@H]2C=C[C@@H](c3cccc(Cc4ccccc4)c3)C[C@H]2CC(=O)O[C@@H]2c3c(ccc4c(CO)c([C@H](CCO)COCO)c(=O)oc34)OC(C)(C)[C@H]2OC1=O. The minimum Gasteiger partial charge on any atom is -0.483 e. The molecule has 340 valence electrons. The van der Waals surface area contributed by atoms with Gasteiger partial charge < -0.3 is 38.7 Å². The number of carbonyl (C=O) groups excluding carboxylic acids is 2. The summed E-state index contributed by atoms with van der Waals surface area (Å²) in [7, 11) is 0. The van der Waals surface area contributed by atoms with Gasteiger partial charge in [0.1, 0.15) is 23.7 Å². The van der Waals surface area contributed by atoms with Gasteiger partial charge in [-0.15, -0.1) is 0 Å². The van der Waals surface area contributed by atoms with Gasteiger partial charge in [0.25, 0.3) is 0 Å². The third-order valence-electron chi connectivity index (χ3n) is 13.3. The monoisotopic (exact) mass is 882 g/mol. The van der Waals surface area contributed by atoms with Crippen molar-refractivity contribution in [2.75, 3.05) is 20.0 Å². The molecule has 9 rings (SSSR count). The smallest absolute Gasteiger partial charge is 0.340 e. The van der Waals surface area contributed by atoms with Crippen LogP contribution in [0.3, 0.4) is 0 Å². The van der Waals surface area contributed by atoms with Crippen molar-refractivity contribution in [2.45, 2.75) is 108 Å². The molecule has 65 heavy (non-hydrogen) atoms. The van der Waals surface area contributed by atoms with Crippen molar-refractivity contribution in [3.05, 3.63) is 169 Å². The Hall–Kier alpha value is -5.85. The molecule has 3 N–H and O–H groups in total. The average Bonchev–Trinajstić information content (AvgIpc) is 3.28. The highest BCUT2D eigenvalue weighted by Crippen LogP contribution is 2.49. The number of hydrogen-bond acceptors (Lipinski definition) is 11. The summed E-state index contributed by atoms with van der Waals surface area (Å²) in [4.78, 5) is 43.3. The Kier molecular flexibility index (Phi) is 13.9. The second-order valence-electron chi connectivity index (χ2n) is 18.3. The highest BCUT2D eigenvalue weighted by molar-refractivity contribution is 5.90. The van der Waals surface area contributed by atoms with Crippen LogP contribution in [0.15, 0.2) is 124 Å². The zero-order valence-corrected chi connectivity index (χ0v) is 37.5. The summed E-state index contributed by atoms with van der Waals surface area (Å²) in [6.45, 7) is 5.65. The number of fused-ring (bicyclic) bond motifs is 11. The normalized spacial score (nSPS) is 22.3. The minimum atomic E-state index is -1.30. The Balaban J connectivity index is 1.23. The molecular formula is C54H58O11. The largest absolute Gasteiger partial charge is 0.483 e. The van der Waals surface area contributed by atoms with Crippen LogP contribution in [0.1, 0.15) is 122 Å². The molecule has 0 unspecified atom stereocenters. The van der Waals surface area contributed by atoms with E-state index in [0.717, 1.165) is 28.7 Å². The fourth-order valence-corrected chi connectivity index (χ4v) is 10.0. The van der Waals surface area contributed by atoms with Gasteiger partial charge in [-0.05, 0) is 111 Å². The van der Waals surface area contributed by atoms with Crippen molar-refractivity contribution in [1.82, 2.24) is 0 Å². The van der Waals surface area contributed by atoms with E-state index in [1.807, 2.05) is 32.0 Å². The van der Waals surface area contributed by atoms with Crippen LogP contribution in [0, 0.1) is 5.92 Å². The third-order valence-corrected chi connectivity index (χ3v) is 13.3. The molecular weight excluding hydrogens is 825 g/mol. The van der Waals surface area contributed by atoms with Crippen molar-refractivity contribution in [3.63, 3.8) is 0 Å². The van der Waals surface area contributed by atoms with Crippen LogP contribution in [-0.4, -0.2) is 59.0 Å². The molecule has 2 bridgehead atoms. The predicted octanol–water partition coefficient (Wildman–Crippen LogP) is 8.79. The lowest BCUT2D eigenvalue weighted by Gasteiger charge is -2.43. The molecule has 0 fully saturated rings. The summed E-state index contributed by atoms with van der Waals surface area (Å²) in [6.07, 6.45) is 4.57. The molecule has 0 saturated carbocycles. The Bertz CT molecular complexity index is 2640. The maximum absolute atomic E-state index is 14.8. The number of hydrogen-bond donors (Lipinski definition) is 3. The third kappa shape index (κ3) is 9.75. The number of rotatable bonds is 10. The van der Waals surface area contributed by atoms with E-state index in [-0.39, 0.29) is 71.8 Å².